The van der Waals surface area contributed by atoms with E-state index in [1.807, 2.05) is 24.3 Å². The van der Waals surface area contributed by atoms with Gasteiger partial charge >= 0.3 is 6.18 Å². The molecule has 0 amide bonds. The second-order valence-corrected chi connectivity index (χ2v) is 7.18. The van der Waals surface area contributed by atoms with Gasteiger partial charge in [-0.3, -0.25) is 0 Å². The number of aryl methyl sites for hydroxylation is 2. The predicted molar refractivity (Wildman–Crippen MR) is 84.6 cm³/mol. The van der Waals surface area contributed by atoms with E-state index in [2.05, 4.69) is 4.98 Å². The first-order chi connectivity index (χ1) is 10.8. The highest BCUT2D eigenvalue weighted by Gasteiger charge is 2.52. The van der Waals surface area contributed by atoms with Crippen LogP contribution in [0.5, 0.6) is 0 Å². The molecule has 0 aliphatic heterocycles. The Morgan fingerprint density at radius 3 is 2.65 bits per heavy atom. The number of aromatic nitrogens is 1. The van der Waals surface area contributed by atoms with Crippen LogP contribution in [0.15, 0.2) is 30.3 Å². The number of para-hydroxylation sites is 1. The van der Waals surface area contributed by atoms with Gasteiger partial charge in [-0.2, -0.15) is 13.2 Å². The Balaban J connectivity index is 1.90. The smallest absolute Gasteiger partial charge is 0.376 e. The molecule has 1 aliphatic rings. The van der Waals surface area contributed by atoms with E-state index in [1.165, 1.54) is 6.07 Å². The van der Waals surface area contributed by atoms with Crippen LogP contribution in [0.1, 0.15) is 22.2 Å². The standard InChI is InChI=1S/C17H14F3NOS/c1-16(22,17(18,19)20)14-8-11-13(23-14)7-6-10-9-4-2-3-5-12(9)21-15(10)11/h2-5,8,21-22H,6-7H2,1H3. The van der Waals surface area contributed by atoms with Gasteiger partial charge in [0.05, 0.1) is 5.69 Å². The zero-order valence-corrected chi connectivity index (χ0v) is 13.1. The van der Waals surface area contributed by atoms with Gasteiger partial charge in [-0.1, -0.05) is 18.2 Å². The SMILES string of the molecule is CC(O)(c1cc2c(s1)CCc1c-2[nH]c2ccccc12)C(F)(F)F. The van der Waals surface area contributed by atoms with Crippen molar-refractivity contribution >= 4 is 22.2 Å². The molecule has 2 nitrogen and oxygen atoms in total. The average molecular weight is 337 g/mol. The van der Waals surface area contributed by atoms with Gasteiger partial charge in [0.15, 0.2) is 5.60 Å². The molecular weight excluding hydrogens is 323 g/mol. The minimum atomic E-state index is -4.69. The molecule has 1 aromatic carbocycles. The summed E-state index contributed by atoms with van der Waals surface area (Å²) >= 11 is 1.05. The first-order valence-corrected chi connectivity index (χ1v) is 8.13. The van der Waals surface area contributed by atoms with Crippen molar-refractivity contribution in [2.75, 3.05) is 0 Å². The van der Waals surface area contributed by atoms with Gasteiger partial charge in [0.1, 0.15) is 0 Å². The molecule has 2 aromatic heterocycles. The van der Waals surface area contributed by atoms with Gasteiger partial charge in [-0.25, -0.2) is 0 Å². The van der Waals surface area contributed by atoms with Crippen LogP contribution in [0.25, 0.3) is 22.2 Å². The summed E-state index contributed by atoms with van der Waals surface area (Å²) in [6, 6.07) is 9.36. The van der Waals surface area contributed by atoms with Crippen molar-refractivity contribution < 1.29 is 18.3 Å². The highest BCUT2D eigenvalue weighted by atomic mass is 32.1. The van der Waals surface area contributed by atoms with Crippen LogP contribution in [0.4, 0.5) is 13.2 Å². The number of rotatable bonds is 1. The van der Waals surface area contributed by atoms with E-state index in [0.29, 0.717) is 6.42 Å². The topological polar surface area (TPSA) is 36.0 Å². The Kier molecular flexibility index (Phi) is 2.96. The number of nitrogens with one attached hydrogen (secondary N) is 1. The normalized spacial score (nSPS) is 16.9. The number of aromatic amines is 1. The molecule has 120 valence electrons. The summed E-state index contributed by atoms with van der Waals surface area (Å²) in [6.07, 6.45) is -3.20. The molecule has 2 heterocycles. The summed E-state index contributed by atoms with van der Waals surface area (Å²) in [6.45, 7) is 0.816. The lowest BCUT2D eigenvalue weighted by molar-refractivity contribution is -0.257. The third kappa shape index (κ3) is 2.05. The number of halogens is 3. The number of hydrogen-bond donors (Lipinski definition) is 2. The molecule has 0 radical (unpaired) electrons. The lowest BCUT2D eigenvalue weighted by atomic mass is 9.93. The second-order valence-electron chi connectivity index (χ2n) is 6.04. The zero-order valence-electron chi connectivity index (χ0n) is 12.3. The fourth-order valence-corrected chi connectivity index (χ4v) is 4.37. The van der Waals surface area contributed by atoms with Crippen LogP contribution in [0, 0.1) is 0 Å². The lowest BCUT2D eigenvalue weighted by Crippen LogP contribution is -2.38. The quantitative estimate of drug-likeness (QED) is 0.659. The molecule has 1 atom stereocenters. The number of alkyl halides is 3. The Morgan fingerprint density at radius 1 is 1.17 bits per heavy atom. The highest BCUT2D eigenvalue weighted by Crippen LogP contribution is 2.47. The molecule has 2 N–H and O–H groups in total. The van der Waals surface area contributed by atoms with Crippen LogP contribution >= 0.6 is 11.3 Å². The molecule has 1 unspecified atom stereocenters. The number of fused-ring (bicyclic) bond motifs is 5. The molecule has 3 aromatic rings. The van der Waals surface area contributed by atoms with E-state index in [-0.39, 0.29) is 4.88 Å². The van der Waals surface area contributed by atoms with E-state index in [4.69, 9.17) is 0 Å². The fraction of sp³-hybridized carbons (Fsp3) is 0.294. The molecular formula is C17H14F3NOS. The Bertz CT molecular complexity index is 904. The van der Waals surface area contributed by atoms with Gasteiger partial charge in [0, 0.05) is 26.2 Å². The molecule has 0 saturated heterocycles. The van der Waals surface area contributed by atoms with Crippen LogP contribution in [0.2, 0.25) is 0 Å². The van der Waals surface area contributed by atoms with Gasteiger partial charge in [-0.05, 0) is 37.5 Å². The van der Waals surface area contributed by atoms with Gasteiger partial charge in [0.25, 0.3) is 0 Å². The largest absolute Gasteiger partial charge is 0.421 e. The van der Waals surface area contributed by atoms with Crippen molar-refractivity contribution in [3.05, 3.63) is 45.6 Å². The predicted octanol–water partition coefficient (Wildman–Crippen LogP) is 4.76. The first kappa shape index (κ1) is 14.8. The number of benzene rings is 1. The average Bonchev–Trinajstić information content (AvgIpc) is 3.07. The lowest BCUT2D eigenvalue weighted by Gasteiger charge is -2.24. The van der Waals surface area contributed by atoms with Crippen molar-refractivity contribution in [3.8, 4) is 11.3 Å². The molecule has 0 saturated carbocycles. The Hall–Kier alpha value is -1.79. The maximum Gasteiger partial charge on any atom is 0.421 e. The molecule has 0 spiro atoms. The third-order valence-corrected chi connectivity index (χ3v) is 5.93. The molecule has 6 heteroatoms. The monoisotopic (exact) mass is 337 g/mol. The summed E-state index contributed by atoms with van der Waals surface area (Å²) in [7, 11) is 0. The van der Waals surface area contributed by atoms with Crippen molar-refractivity contribution in [3.63, 3.8) is 0 Å². The molecule has 0 fully saturated rings. The van der Waals surface area contributed by atoms with Crippen LogP contribution in [-0.2, 0) is 18.4 Å². The third-order valence-electron chi connectivity index (χ3n) is 4.53. The summed E-state index contributed by atoms with van der Waals surface area (Å²) in [5.41, 5.74) is 0.978. The number of hydrogen-bond acceptors (Lipinski definition) is 2. The Labute approximate surface area is 134 Å². The second kappa shape index (κ2) is 4.61. The zero-order chi connectivity index (χ0) is 16.4. The van der Waals surface area contributed by atoms with Crippen LogP contribution in [-0.4, -0.2) is 16.3 Å². The number of H-pyrrole nitrogens is 1. The number of aliphatic hydroxyl groups is 1. The maximum absolute atomic E-state index is 13.1. The van der Waals surface area contributed by atoms with Crippen molar-refractivity contribution in [2.24, 2.45) is 0 Å². The fourth-order valence-electron chi connectivity index (χ4n) is 3.13. The minimum Gasteiger partial charge on any atom is -0.376 e. The molecule has 4 rings (SSSR count). The summed E-state index contributed by atoms with van der Waals surface area (Å²) in [5.74, 6) is 0. The number of thiophene rings is 1. The highest BCUT2D eigenvalue weighted by molar-refractivity contribution is 7.12. The first-order valence-electron chi connectivity index (χ1n) is 7.31. The molecule has 23 heavy (non-hydrogen) atoms. The van der Waals surface area contributed by atoms with Gasteiger partial charge in [0.2, 0.25) is 0 Å². The van der Waals surface area contributed by atoms with Crippen molar-refractivity contribution in [1.82, 2.24) is 4.98 Å². The molecule has 0 bridgehead atoms. The summed E-state index contributed by atoms with van der Waals surface area (Å²) in [4.78, 5) is 4.16. The van der Waals surface area contributed by atoms with Crippen LogP contribution < -0.4 is 0 Å². The van der Waals surface area contributed by atoms with E-state index < -0.39 is 11.8 Å². The van der Waals surface area contributed by atoms with E-state index in [9.17, 15) is 18.3 Å². The van der Waals surface area contributed by atoms with Crippen LogP contribution in [0.3, 0.4) is 0 Å². The van der Waals surface area contributed by atoms with E-state index >= 15 is 0 Å². The minimum absolute atomic E-state index is 0.0542. The summed E-state index contributed by atoms with van der Waals surface area (Å²) in [5, 5.41) is 11.0. The van der Waals surface area contributed by atoms with Gasteiger partial charge < -0.3 is 10.1 Å². The molecule has 1 aliphatic carbocycles. The van der Waals surface area contributed by atoms with Crippen molar-refractivity contribution in [1.29, 1.82) is 0 Å². The maximum atomic E-state index is 13.1. The van der Waals surface area contributed by atoms with E-state index in [1.54, 1.807) is 0 Å². The summed E-state index contributed by atoms with van der Waals surface area (Å²) < 4.78 is 39.3. The van der Waals surface area contributed by atoms with E-state index in [0.717, 1.165) is 57.3 Å². The van der Waals surface area contributed by atoms with Crippen molar-refractivity contribution in [2.45, 2.75) is 31.5 Å². The van der Waals surface area contributed by atoms with Gasteiger partial charge in [-0.15, -0.1) is 11.3 Å². The Morgan fingerprint density at radius 2 is 1.91 bits per heavy atom.